The van der Waals surface area contributed by atoms with Crippen LogP contribution in [-0.2, 0) is 6.18 Å². The Hall–Kier alpha value is -4.33. The molecule has 0 radical (unpaired) electrons. The average Bonchev–Trinajstić information content (AvgIpc) is 3.34. The first-order valence-electron chi connectivity index (χ1n) is 12.9. The van der Waals surface area contributed by atoms with Crippen molar-refractivity contribution in [3.8, 4) is 22.4 Å². The normalized spacial score (nSPS) is 16.3. The van der Waals surface area contributed by atoms with E-state index < -0.39 is 11.7 Å². The van der Waals surface area contributed by atoms with E-state index in [0.717, 1.165) is 41.9 Å². The zero-order valence-corrected chi connectivity index (χ0v) is 21.6. The first-order valence-corrected chi connectivity index (χ1v) is 12.9. The predicted molar refractivity (Wildman–Crippen MR) is 148 cm³/mol. The molecule has 198 valence electrons. The largest absolute Gasteiger partial charge is 0.416 e. The average molecular weight is 529 g/mol. The van der Waals surface area contributed by atoms with Crippen molar-refractivity contribution in [1.29, 1.82) is 0 Å². The molecule has 3 aromatic carbocycles. The topological polar surface area (TPSA) is 48.5 Å². The van der Waals surface area contributed by atoms with E-state index in [1.54, 1.807) is 17.0 Å². The third-order valence-electron chi connectivity index (χ3n) is 7.61. The number of alkyl halides is 3. The molecule has 0 unspecified atom stereocenters. The Morgan fingerprint density at radius 2 is 1.67 bits per heavy atom. The number of pyridine rings is 1. The van der Waals surface area contributed by atoms with Gasteiger partial charge in [0.05, 0.1) is 23.0 Å². The molecule has 2 aliphatic rings. The van der Waals surface area contributed by atoms with Crippen LogP contribution in [0.3, 0.4) is 0 Å². The van der Waals surface area contributed by atoms with Crippen molar-refractivity contribution in [2.75, 3.05) is 28.2 Å². The van der Waals surface area contributed by atoms with Crippen LogP contribution in [0.15, 0.2) is 78.9 Å². The van der Waals surface area contributed by atoms with Crippen molar-refractivity contribution in [1.82, 2.24) is 4.98 Å². The fourth-order valence-electron chi connectivity index (χ4n) is 5.37. The molecule has 0 spiro atoms. The molecule has 3 heterocycles. The minimum absolute atomic E-state index is 0.0790. The monoisotopic (exact) mass is 528 g/mol. The molecule has 2 aliphatic heterocycles. The number of anilines is 3. The second-order valence-electron chi connectivity index (χ2n) is 10.2. The number of carbonyl (C=O) groups excluding carboxylic acids is 1. The van der Waals surface area contributed by atoms with Gasteiger partial charge in [-0.15, -0.1) is 0 Å². The smallest absolute Gasteiger partial charge is 0.366 e. The van der Waals surface area contributed by atoms with Crippen molar-refractivity contribution in [2.45, 2.75) is 32.5 Å². The Labute approximate surface area is 224 Å². The number of nitrogens with zero attached hydrogens (tertiary/aromatic N) is 3. The summed E-state index contributed by atoms with van der Waals surface area (Å²) in [6.45, 7) is 5.62. The standard InChI is InChI=1S/C31H27F3N4O/c1-19-9-10-22(15-20(19)2)21-5-4-8-25(17-21)35-30(39)38-26-13-14-37(18-26)28-12-11-27(36-29(28)38)23-6-3-7-24(16-23)31(32,33)34/h3-12,15-17,26H,13-14,18H2,1-2H3,(H,35,39)/t26-/m0/s1. The van der Waals surface area contributed by atoms with Gasteiger partial charge in [-0.05, 0) is 78.9 Å². The molecule has 2 bridgehead atoms. The van der Waals surface area contributed by atoms with Gasteiger partial charge in [-0.25, -0.2) is 9.78 Å². The quantitative estimate of drug-likeness (QED) is 0.297. The summed E-state index contributed by atoms with van der Waals surface area (Å²) in [6.07, 6.45) is -3.67. The number of benzene rings is 3. The van der Waals surface area contributed by atoms with Gasteiger partial charge in [0, 0.05) is 24.3 Å². The van der Waals surface area contributed by atoms with Gasteiger partial charge in [-0.1, -0.05) is 42.5 Å². The number of nitrogens with one attached hydrogen (secondary N) is 1. The maximum Gasteiger partial charge on any atom is 0.416 e. The van der Waals surface area contributed by atoms with Crippen LogP contribution in [0.1, 0.15) is 23.1 Å². The van der Waals surface area contributed by atoms with Crippen LogP contribution in [0, 0.1) is 13.8 Å². The minimum Gasteiger partial charge on any atom is -0.366 e. The van der Waals surface area contributed by atoms with E-state index in [1.165, 1.54) is 17.2 Å². The number of urea groups is 1. The van der Waals surface area contributed by atoms with Crippen molar-refractivity contribution in [2.24, 2.45) is 0 Å². The number of fused-ring (bicyclic) bond motifs is 4. The number of amides is 2. The van der Waals surface area contributed by atoms with Gasteiger partial charge in [0.25, 0.3) is 0 Å². The van der Waals surface area contributed by atoms with E-state index in [4.69, 9.17) is 4.98 Å². The van der Waals surface area contributed by atoms with E-state index >= 15 is 0 Å². The summed E-state index contributed by atoms with van der Waals surface area (Å²) in [6, 6.07) is 22.3. The summed E-state index contributed by atoms with van der Waals surface area (Å²) in [5.74, 6) is 0.460. The summed E-state index contributed by atoms with van der Waals surface area (Å²) in [5.41, 5.74) is 5.93. The summed E-state index contributed by atoms with van der Waals surface area (Å²) >= 11 is 0. The molecule has 5 nitrogen and oxygen atoms in total. The van der Waals surface area contributed by atoms with Crippen LogP contribution in [0.25, 0.3) is 22.4 Å². The fourth-order valence-corrected chi connectivity index (χ4v) is 5.37. The zero-order valence-electron chi connectivity index (χ0n) is 21.6. The number of rotatable bonds is 3. The number of aryl methyl sites for hydroxylation is 2. The van der Waals surface area contributed by atoms with Crippen molar-refractivity contribution in [3.63, 3.8) is 0 Å². The third-order valence-corrected chi connectivity index (χ3v) is 7.61. The van der Waals surface area contributed by atoms with Gasteiger partial charge in [0.1, 0.15) is 0 Å². The highest BCUT2D eigenvalue weighted by atomic mass is 19.4. The summed E-state index contributed by atoms with van der Waals surface area (Å²) in [7, 11) is 0. The highest BCUT2D eigenvalue weighted by Crippen LogP contribution is 2.41. The number of hydrogen-bond acceptors (Lipinski definition) is 3. The van der Waals surface area contributed by atoms with Gasteiger partial charge < -0.3 is 10.2 Å². The molecule has 8 heteroatoms. The van der Waals surface area contributed by atoms with Crippen molar-refractivity contribution < 1.29 is 18.0 Å². The highest BCUT2D eigenvalue weighted by molar-refractivity contribution is 6.05. The van der Waals surface area contributed by atoms with Gasteiger partial charge in [-0.3, -0.25) is 4.90 Å². The van der Waals surface area contributed by atoms with Gasteiger partial charge in [0.15, 0.2) is 5.82 Å². The van der Waals surface area contributed by atoms with E-state index in [0.29, 0.717) is 29.3 Å². The van der Waals surface area contributed by atoms with E-state index in [1.807, 2.05) is 30.3 Å². The van der Waals surface area contributed by atoms with Gasteiger partial charge in [0.2, 0.25) is 0 Å². The maximum absolute atomic E-state index is 13.7. The molecule has 2 amide bonds. The molecule has 1 atom stereocenters. The Morgan fingerprint density at radius 1 is 0.897 bits per heavy atom. The van der Waals surface area contributed by atoms with Gasteiger partial charge in [-0.2, -0.15) is 13.2 Å². The molecule has 1 saturated heterocycles. The van der Waals surface area contributed by atoms with Crippen molar-refractivity contribution >= 4 is 23.2 Å². The molecular weight excluding hydrogens is 501 g/mol. The third kappa shape index (κ3) is 4.71. The Bertz CT molecular complexity index is 1580. The number of hydrogen-bond donors (Lipinski definition) is 1. The molecule has 4 aromatic rings. The lowest BCUT2D eigenvalue weighted by Crippen LogP contribution is -2.48. The lowest BCUT2D eigenvalue weighted by atomic mass is 10.0. The van der Waals surface area contributed by atoms with Crippen LogP contribution in [0.5, 0.6) is 0 Å². The van der Waals surface area contributed by atoms with E-state index in [-0.39, 0.29) is 12.1 Å². The number of carbonyl (C=O) groups is 1. The van der Waals surface area contributed by atoms with Crippen molar-refractivity contribution in [3.05, 3.63) is 95.6 Å². The van der Waals surface area contributed by atoms with Crippen LogP contribution < -0.4 is 15.1 Å². The highest BCUT2D eigenvalue weighted by Gasteiger charge is 2.40. The second-order valence-corrected chi connectivity index (χ2v) is 10.2. The van der Waals surface area contributed by atoms with Gasteiger partial charge >= 0.3 is 12.2 Å². The number of halogens is 3. The van der Waals surface area contributed by atoms with E-state index in [2.05, 4.69) is 42.3 Å². The predicted octanol–water partition coefficient (Wildman–Crippen LogP) is 7.68. The molecule has 1 fully saturated rings. The Balaban J connectivity index is 1.32. The molecule has 1 aromatic heterocycles. The lowest BCUT2D eigenvalue weighted by Gasteiger charge is -2.36. The summed E-state index contributed by atoms with van der Waals surface area (Å²) in [4.78, 5) is 22.3. The molecule has 1 N–H and O–H groups in total. The minimum atomic E-state index is -4.45. The van der Waals surface area contributed by atoms with Crippen LogP contribution in [-0.4, -0.2) is 30.1 Å². The Morgan fingerprint density at radius 3 is 2.46 bits per heavy atom. The molecule has 6 rings (SSSR count). The van der Waals surface area contributed by atoms with Crippen LogP contribution >= 0.6 is 0 Å². The van der Waals surface area contributed by atoms with Crippen LogP contribution in [0.4, 0.5) is 35.2 Å². The summed E-state index contributed by atoms with van der Waals surface area (Å²) < 4.78 is 40.0. The summed E-state index contributed by atoms with van der Waals surface area (Å²) in [5, 5.41) is 3.04. The fraction of sp³-hybridized carbons (Fsp3) is 0.226. The molecule has 39 heavy (non-hydrogen) atoms. The van der Waals surface area contributed by atoms with E-state index in [9.17, 15) is 18.0 Å². The molecular formula is C31H27F3N4O. The second kappa shape index (κ2) is 9.45. The number of aromatic nitrogens is 1. The molecule has 0 saturated carbocycles. The first-order chi connectivity index (χ1) is 18.7. The maximum atomic E-state index is 13.7. The van der Waals surface area contributed by atoms with Crippen LogP contribution in [0.2, 0.25) is 0 Å². The first kappa shape index (κ1) is 25.0. The Kier molecular flexibility index (Phi) is 6.05. The lowest BCUT2D eigenvalue weighted by molar-refractivity contribution is -0.137. The molecule has 0 aliphatic carbocycles. The zero-order chi connectivity index (χ0) is 27.3. The SMILES string of the molecule is Cc1ccc(-c2cccc(NC(=O)N3c4nc(-c5cccc(C(F)(F)F)c5)ccc4N4CC[C@H]3C4)c2)cc1C.